The molecular formula is C9H12FNO. The monoisotopic (exact) mass is 169 g/mol. The zero-order chi connectivity index (χ0) is 8.97. The highest BCUT2D eigenvalue weighted by atomic mass is 19.1. The van der Waals surface area contributed by atoms with Gasteiger partial charge in [-0.15, -0.1) is 0 Å². The van der Waals surface area contributed by atoms with Gasteiger partial charge in [-0.2, -0.15) is 0 Å². The highest BCUT2D eigenvalue weighted by Gasteiger charge is 2.04. The van der Waals surface area contributed by atoms with E-state index in [-0.39, 0.29) is 6.61 Å². The van der Waals surface area contributed by atoms with Gasteiger partial charge in [0.05, 0.1) is 12.6 Å². The van der Waals surface area contributed by atoms with Crippen molar-refractivity contribution in [2.24, 2.45) is 5.73 Å². The molecule has 1 aromatic carbocycles. The largest absolute Gasteiger partial charge is 0.392 e. The quantitative estimate of drug-likeness (QED) is 0.713. The number of benzene rings is 1. The lowest BCUT2D eigenvalue weighted by Crippen LogP contribution is -2.12. The van der Waals surface area contributed by atoms with Crippen molar-refractivity contribution in [1.29, 1.82) is 0 Å². The highest BCUT2D eigenvalue weighted by molar-refractivity contribution is 5.25. The Morgan fingerprint density at radius 3 is 2.83 bits per heavy atom. The van der Waals surface area contributed by atoms with E-state index in [9.17, 15) is 4.39 Å². The summed E-state index contributed by atoms with van der Waals surface area (Å²) in [6.45, 7) is -0.609. The van der Waals surface area contributed by atoms with Crippen LogP contribution < -0.4 is 5.73 Å². The maximum absolute atomic E-state index is 12.1. The number of hydrogen-bond donors (Lipinski definition) is 2. The molecule has 1 aromatic rings. The van der Waals surface area contributed by atoms with E-state index in [1.54, 1.807) is 24.3 Å². The van der Waals surface area contributed by atoms with Gasteiger partial charge in [-0.1, -0.05) is 24.3 Å². The number of aliphatic hydroxyl groups is 1. The molecule has 0 aliphatic carbocycles. The third-order valence-corrected chi connectivity index (χ3v) is 1.73. The second-order valence-electron chi connectivity index (χ2n) is 2.66. The Labute approximate surface area is 70.8 Å². The van der Waals surface area contributed by atoms with Crippen molar-refractivity contribution in [2.45, 2.75) is 12.6 Å². The molecule has 0 heterocycles. The molecule has 2 nitrogen and oxygen atoms in total. The average molecular weight is 169 g/mol. The molecule has 1 rings (SSSR count). The lowest BCUT2D eigenvalue weighted by atomic mass is 10.1. The summed E-state index contributed by atoms with van der Waals surface area (Å²) < 4.78 is 12.1. The Balaban J connectivity index is 2.86. The van der Waals surface area contributed by atoms with Crippen molar-refractivity contribution < 1.29 is 9.50 Å². The van der Waals surface area contributed by atoms with Gasteiger partial charge in [0.15, 0.2) is 0 Å². The lowest BCUT2D eigenvalue weighted by Gasteiger charge is -2.07. The van der Waals surface area contributed by atoms with Crippen LogP contribution in [0.5, 0.6) is 0 Å². The first-order valence-electron chi connectivity index (χ1n) is 3.79. The fraction of sp³-hybridized carbons (Fsp3) is 0.333. The molecule has 0 amide bonds. The van der Waals surface area contributed by atoms with Crippen LogP contribution in [0.2, 0.25) is 0 Å². The lowest BCUT2D eigenvalue weighted by molar-refractivity contribution is 0.281. The molecule has 3 heteroatoms. The van der Waals surface area contributed by atoms with Gasteiger partial charge >= 0.3 is 0 Å². The first-order chi connectivity index (χ1) is 5.77. The molecule has 3 N–H and O–H groups in total. The van der Waals surface area contributed by atoms with E-state index in [2.05, 4.69) is 0 Å². The molecule has 0 bridgehead atoms. The topological polar surface area (TPSA) is 46.2 Å². The van der Waals surface area contributed by atoms with Crippen LogP contribution in [0, 0.1) is 0 Å². The first-order valence-corrected chi connectivity index (χ1v) is 3.79. The molecule has 0 saturated carbocycles. The predicted molar refractivity (Wildman–Crippen MR) is 45.3 cm³/mol. The Hall–Kier alpha value is -0.930. The molecule has 1 atom stereocenters. The third-order valence-electron chi connectivity index (χ3n) is 1.73. The molecular weight excluding hydrogens is 157 g/mol. The number of hydrogen-bond acceptors (Lipinski definition) is 2. The summed E-state index contributed by atoms with van der Waals surface area (Å²) in [5.74, 6) is 0. The zero-order valence-electron chi connectivity index (χ0n) is 6.70. The van der Waals surface area contributed by atoms with Crippen molar-refractivity contribution >= 4 is 0 Å². The van der Waals surface area contributed by atoms with Gasteiger partial charge in [-0.3, -0.25) is 0 Å². The molecule has 0 fully saturated rings. The molecule has 0 aromatic heterocycles. The van der Waals surface area contributed by atoms with Crippen LogP contribution in [0.3, 0.4) is 0 Å². The summed E-state index contributed by atoms with van der Waals surface area (Å²) >= 11 is 0. The Morgan fingerprint density at radius 2 is 2.25 bits per heavy atom. The summed E-state index contributed by atoms with van der Waals surface area (Å²) in [4.78, 5) is 0. The number of aliphatic hydroxyl groups excluding tert-OH is 1. The van der Waals surface area contributed by atoms with Gasteiger partial charge in [0.25, 0.3) is 0 Å². The van der Waals surface area contributed by atoms with Gasteiger partial charge in [-0.05, 0) is 11.1 Å². The van der Waals surface area contributed by atoms with Gasteiger partial charge in [0.2, 0.25) is 0 Å². The normalized spacial score (nSPS) is 12.9. The average Bonchev–Trinajstić information content (AvgIpc) is 2.17. The summed E-state index contributed by atoms with van der Waals surface area (Å²) in [5, 5.41) is 8.78. The molecule has 0 aliphatic rings. The maximum atomic E-state index is 12.1. The fourth-order valence-corrected chi connectivity index (χ4v) is 1.01. The van der Waals surface area contributed by atoms with E-state index in [0.29, 0.717) is 0 Å². The van der Waals surface area contributed by atoms with Gasteiger partial charge in [0, 0.05) is 0 Å². The van der Waals surface area contributed by atoms with Crippen molar-refractivity contribution in [2.75, 3.05) is 6.67 Å². The molecule has 0 saturated heterocycles. The van der Waals surface area contributed by atoms with Gasteiger partial charge in [0.1, 0.15) is 6.67 Å². The molecule has 66 valence electrons. The minimum absolute atomic E-state index is 0.0349. The first kappa shape index (κ1) is 9.16. The van der Waals surface area contributed by atoms with Crippen LogP contribution in [0.1, 0.15) is 17.2 Å². The van der Waals surface area contributed by atoms with Crippen LogP contribution in [-0.4, -0.2) is 11.8 Å². The third kappa shape index (κ3) is 2.03. The summed E-state index contributed by atoms with van der Waals surface area (Å²) in [6, 6.07) is 6.43. The maximum Gasteiger partial charge on any atom is 0.109 e. The Bertz CT molecular complexity index is 252. The van der Waals surface area contributed by atoms with Crippen molar-refractivity contribution in [3.8, 4) is 0 Å². The SMILES string of the molecule is NC(CF)c1cccc(CO)c1. The Morgan fingerprint density at radius 1 is 1.50 bits per heavy atom. The van der Waals surface area contributed by atoms with E-state index in [1.807, 2.05) is 0 Å². The van der Waals surface area contributed by atoms with Crippen molar-refractivity contribution in [1.82, 2.24) is 0 Å². The molecule has 0 aliphatic heterocycles. The summed E-state index contributed by atoms with van der Waals surface area (Å²) in [7, 11) is 0. The predicted octanol–water partition coefficient (Wildman–Crippen LogP) is 1.15. The van der Waals surface area contributed by atoms with Crippen LogP contribution in [0.4, 0.5) is 4.39 Å². The van der Waals surface area contributed by atoms with E-state index >= 15 is 0 Å². The second kappa shape index (κ2) is 4.18. The molecule has 0 radical (unpaired) electrons. The van der Waals surface area contributed by atoms with Crippen molar-refractivity contribution in [3.05, 3.63) is 35.4 Å². The number of nitrogens with two attached hydrogens (primary N) is 1. The zero-order valence-corrected chi connectivity index (χ0v) is 6.70. The fourth-order valence-electron chi connectivity index (χ4n) is 1.01. The van der Waals surface area contributed by atoms with Gasteiger partial charge < -0.3 is 10.8 Å². The molecule has 0 spiro atoms. The van der Waals surface area contributed by atoms with E-state index in [0.717, 1.165) is 11.1 Å². The number of halogens is 1. The van der Waals surface area contributed by atoms with Crippen LogP contribution >= 0.6 is 0 Å². The van der Waals surface area contributed by atoms with Crippen LogP contribution in [0.25, 0.3) is 0 Å². The number of alkyl halides is 1. The smallest absolute Gasteiger partial charge is 0.109 e. The van der Waals surface area contributed by atoms with E-state index < -0.39 is 12.7 Å². The van der Waals surface area contributed by atoms with Crippen molar-refractivity contribution in [3.63, 3.8) is 0 Å². The standard InChI is InChI=1S/C9H12FNO/c10-5-9(11)8-3-1-2-7(4-8)6-12/h1-4,9,12H,5-6,11H2. The van der Waals surface area contributed by atoms with E-state index in [4.69, 9.17) is 10.8 Å². The number of rotatable bonds is 3. The van der Waals surface area contributed by atoms with Gasteiger partial charge in [-0.25, -0.2) is 4.39 Å². The highest BCUT2D eigenvalue weighted by Crippen LogP contribution is 2.12. The minimum Gasteiger partial charge on any atom is -0.392 e. The minimum atomic E-state index is -0.575. The second-order valence-corrected chi connectivity index (χ2v) is 2.66. The van der Waals surface area contributed by atoms with Crippen LogP contribution in [0.15, 0.2) is 24.3 Å². The Kier molecular flexibility index (Phi) is 3.19. The molecule has 12 heavy (non-hydrogen) atoms. The summed E-state index contributed by atoms with van der Waals surface area (Å²) in [6.07, 6.45) is 0. The van der Waals surface area contributed by atoms with Crippen LogP contribution in [-0.2, 0) is 6.61 Å². The van der Waals surface area contributed by atoms with E-state index in [1.165, 1.54) is 0 Å². The summed E-state index contributed by atoms with van der Waals surface area (Å²) in [5.41, 5.74) is 6.95. The molecule has 1 unspecified atom stereocenters.